The molecule has 0 saturated carbocycles. The van der Waals surface area contributed by atoms with Crippen molar-refractivity contribution in [3.8, 4) is 17.2 Å². The van der Waals surface area contributed by atoms with Gasteiger partial charge in [0.1, 0.15) is 17.2 Å². The molecule has 2 atom stereocenters. The Bertz CT molecular complexity index is 1190. The number of hydrogen-bond donors (Lipinski definition) is 0. The Morgan fingerprint density at radius 1 is 1.00 bits per heavy atom. The molecule has 0 bridgehead atoms. The fraction of sp³-hybridized carbons (Fsp3) is 0.200. The first kappa shape index (κ1) is 20.4. The fourth-order valence-corrected chi connectivity index (χ4v) is 4.27. The Balaban J connectivity index is 1.53. The monoisotopic (exact) mass is 448 g/mol. The van der Waals surface area contributed by atoms with Gasteiger partial charge < -0.3 is 14.2 Å². The lowest BCUT2D eigenvalue weighted by Gasteiger charge is -2.37. The number of methoxy groups -OCH3 is 2. The molecule has 0 amide bonds. The van der Waals surface area contributed by atoms with E-state index >= 15 is 0 Å². The summed E-state index contributed by atoms with van der Waals surface area (Å²) >= 11 is 6.27. The zero-order valence-corrected chi connectivity index (χ0v) is 18.4. The van der Waals surface area contributed by atoms with Crippen LogP contribution in [-0.4, -0.2) is 37.0 Å². The molecule has 2 heterocycles. The Kier molecular flexibility index (Phi) is 5.23. The maximum atomic E-state index is 13.4. The van der Waals surface area contributed by atoms with E-state index in [1.807, 2.05) is 36.4 Å². The topological polar surface area (TPSA) is 60.4 Å². The van der Waals surface area contributed by atoms with Crippen molar-refractivity contribution < 1.29 is 19.0 Å². The second-order valence-corrected chi connectivity index (χ2v) is 8.06. The summed E-state index contributed by atoms with van der Waals surface area (Å²) in [5, 5.41) is 7.19. The minimum absolute atomic E-state index is 0.151. The zero-order chi connectivity index (χ0) is 22.2. The number of carbonyl (C=O) groups excluding carboxylic acids is 1. The summed E-state index contributed by atoms with van der Waals surface area (Å²) in [6.07, 6.45) is -0.243. The third-order valence-corrected chi connectivity index (χ3v) is 6.01. The molecule has 32 heavy (non-hydrogen) atoms. The SMILES string of the molecule is COc1ccc(C(=O)C2Oc3ccc(Cl)cc3C3CC(c4ccc(OC)cc4)=NN23)cc1. The van der Waals surface area contributed by atoms with Crippen molar-refractivity contribution in [2.45, 2.75) is 18.7 Å². The van der Waals surface area contributed by atoms with Gasteiger partial charge in [-0.15, -0.1) is 0 Å². The average Bonchev–Trinajstić information content (AvgIpc) is 3.29. The van der Waals surface area contributed by atoms with Crippen LogP contribution in [0, 0.1) is 0 Å². The summed E-state index contributed by atoms with van der Waals surface area (Å²) in [5.74, 6) is 1.94. The molecular formula is C25H21ClN2O4. The molecule has 0 aromatic heterocycles. The maximum absolute atomic E-state index is 13.4. The molecular weight excluding hydrogens is 428 g/mol. The van der Waals surface area contributed by atoms with E-state index in [1.54, 1.807) is 49.6 Å². The maximum Gasteiger partial charge on any atom is 0.251 e. The molecule has 7 heteroatoms. The lowest BCUT2D eigenvalue weighted by molar-refractivity contribution is -0.00455. The molecule has 2 unspecified atom stereocenters. The van der Waals surface area contributed by atoms with Crippen LogP contribution in [-0.2, 0) is 0 Å². The second kappa shape index (κ2) is 8.20. The third kappa shape index (κ3) is 3.56. The van der Waals surface area contributed by atoms with Crippen LogP contribution in [0.2, 0.25) is 5.02 Å². The highest BCUT2D eigenvalue weighted by Gasteiger charge is 2.43. The van der Waals surface area contributed by atoms with Crippen LogP contribution in [0.25, 0.3) is 0 Å². The predicted molar refractivity (Wildman–Crippen MR) is 122 cm³/mol. The number of hydrazone groups is 1. The standard InChI is InChI=1S/C25H21ClN2O4/c1-30-18-8-3-15(4-9-18)21-14-22-20-13-17(26)7-12-23(20)32-25(28(22)27-21)24(29)16-5-10-19(31-2)11-6-16/h3-13,22,25H,14H2,1-2H3. The minimum Gasteiger partial charge on any atom is -0.497 e. The highest BCUT2D eigenvalue weighted by Crippen LogP contribution is 2.44. The fourth-order valence-electron chi connectivity index (χ4n) is 4.09. The first-order valence-corrected chi connectivity index (χ1v) is 10.6. The Morgan fingerprint density at radius 3 is 2.31 bits per heavy atom. The molecule has 0 spiro atoms. The first-order chi connectivity index (χ1) is 15.6. The number of nitrogens with zero attached hydrogens (tertiary/aromatic N) is 2. The Labute approximate surface area is 191 Å². The Hall–Kier alpha value is -3.51. The average molecular weight is 449 g/mol. The molecule has 5 rings (SSSR count). The number of carbonyl (C=O) groups is 1. The van der Waals surface area contributed by atoms with Crippen LogP contribution in [0.5, 0.6) is 17.2 Å². The van der Waals surface area contributed by atoms with Gasteiger partial charge in [-0.1, -0.05) is 11.6 Å². The van der Waals surface area contributed by atoms with Gasteiger partial charge in [0.15, 0.2) is 0 Å². The van der Waals surface area contributed by atoms with Crippen LogP contribution in [0.3, 0.4) is 0 Å². The van der Waals surface area contributed by atoms with Crippen molar-refractivity contribution in [3.05, 3.63) is 88.4 Å². The summed E-state index contributed by atoms with van der Waals surface area (Å²) in [4.78, 5) is 13.4. The number of fused-ring (bicyclic) bond motifs is 3. The molecule has 162 valence electrons. The quantitative estimate of drug-likeness (QED) is 0.507. The van der Waals surface area contributed by atoms with Crippen molar-refractivity contribution in [2.24, 2.45) is 5.10 Å². The number of rotatable bonds is 5. The molecule has 2 aliphatic rings. The number of benzene rings is 3. The van der Waals surface area contributed by atoms with Crippen molar-refractivity contribution in [1.82, 2.24) is 5.01 Å². The molecule has 3 aromatic rings. The summed E-state index contributed by atoms with van der Waals surface area (Å²) in [5.41, 5.74) is 3.30. The smallest absolute Gasteiger partial charge is 0.251 e. The molecule has 0 radical (unpaired) electrons. The molecule has 2 aliphatic heterocycles. The molecule has 6 nitrogen and oxygen atoms in total. The van der Waals surface area contributed by atoms with Gasteiger partial charge in [-0.2, -0.15) is 5.10 Å². The third-order valence-electron chi connectivity index (χ3n) is 5.77. The normalized spacial score (nSPS) is 18.8. The van der Waals surface area contributed by atoms with Crippen molar-refractivity contribution in [1.29, 1.82) is 0 Å². The first-order valence-electron chi connectivity index (χ1n) is 10.2. The molecule has 0 aliphatic carbocycles. The largest absolute Gasteiger partial charge is 0.497 e. The number of halogens is 1. The van der Waals surface area contributed by atoms with Crippen LogP contribution < -0.4 is 14.2 Å². The van der Waals surface area contributed by atoms with Gasteiger partial charge in [-0.25, -0.2) is 5.01 Å². The van der Waals surface area contributed by atoms with Gasteiger partial charge in [0.05, 0.1) is 26.0 Å². The molecule has 0 fully saturated rings. The summed E-state index contributed by atoms with van der Waals surface area (Å²) in [6.45, 7) is 0. The highest BCUT2D eigenvalue weighted by atomic mass is 35.5. The van der Waals surface area contributed by atoms with E-state index in [0.29, 0.717) is 28.5 Å². The van der Waals surface area contributed by atoms with E-state index < -0.39 is 6.23 Å². The summed E-state index contributed by atoms with van der Waals surface area (Å²) in [6, 6.07) is 20.0. The van der Waals surface area contributed by atoms with E-state index in [2.05, 4.69) is 0 Å². The van der Waals surface area contributed by atoms with Gasteiger partial charge in [0.2, 0.25) is 5.78 Å². The Morgan fingerprint density at radius 2 is 1.66 bits per heavy atom. The molecule has 0 N–H and O–H groups in total. The lowest BCUT2D eigenvalue weighted by atomic mass is 9.95. The van der Waals surface area contributed by atoms with Crippen LogP contribution in [0.1, 0.15) is 33.9 Å². The molecule has 3 aromatic carbocycles. The number of ether oxygens (including phenoxy) is 3. The van der Waals surface area contributed by atoms with Gasteiger partial charge in [0.25, 0.3) is 6.23 Å². The van der Waals surface area contributed by atoms with Crippen molar-refractivity contribution in [2.75, 3.05) is 14.2 Å². The van der Waals surface area contributed by atoms with Gasteiger partial charge in [-0.3, -0.25) is 4.79 Å². The van der Waals surface area contributed by atoms with E-state index in [-0.39, 0.29) is 11.8 Å². The number of hydrogen-bond acceptors (Lipinski definition) is 6. The summed E-state index contributed by atoms with van der Waals surface area (Å²) in [7, 11) is 3.23. The van der Waals surface area contributed by atoms with E-state index in [0.717, 1.165) is 22.6 Å². The van der Waals surface area contributed by atoms with Gasteiger partial charge in [0, 0.05) is 22.6 Å². The van der Waals surface area contributed by atoms with Gasteiger partial charge >= 0.3 is 0 Å². The minimum atomic E-state index is -0.877. The zero-order valence-electron chi connectivity index (χ0n) is 17.6. The van der Waals surface area contributed by atoms with E-state index in [4.69, 9.17) is 30.9 Å². The van der Waals surface area contributed by atoms with Crippen molar-refractivity contribution in [3.63, 3.8) is 0 Å². The van der Waals surface area contributed by atoms with Crippen LogP contribution in [0.4, 0.5) is 0 Å². The summed E-state index contributed by atoms with van der Waals surface area (Å²) < 4.78 is 16.6. The number of Topliss-reactive ketones (excluding diaryl/α,β-unsaturated/α-hetero) is 1. The highest BCUT2D eigenvalue weighted by molar-refractivity contribution is 6.30. The van der Waals surface area contributed by atoms with Crippen LogP contribution in [0.15, 0.2) is 71.8 Å². The lowest BCUT2D eigenvalue weighted by Crippen LogP contribution is -2.45. The van der Waals surface area contributed by atoms with Crippen molar-refractivity contribution >= 4 is 23.1 Å². The second-order valence-electron chi connectivity index (χ2n) is 7.62. The van der Waals surface area contributed by atoms with Gasteiger partial charge in [-0.05, 0) is 72.3 Å². The predicted octanol–water partition coefficient (Wildman–Crippen LogP) is 5.11. The van der Waals surface area contributed by atoms with Crippen LogP contribution >= 0.6 is 11.6 Å². The van der Waals surface area contributed by atoms with E-state index in [1.165, 1.54) is 0 Å². The number of ketones is 1. The molecule has 0 saturated heterocycles. The van der Waals surface area contributed by atoms with E-state index in [9.17, 15) is 4.79 Å².